The lowest BCUT2D eigenvalue weighted by atomic mass is 11.6. The summed E-state index contributed by atoms with van der Waals surface area (Å²) in [6, 6.07) is 0. The van der Waals surface area contributed by atoms with Gasteiger partial charge in [0.2, 0.25) is 0 Å². The molecule has 0 amide bonds. The van der Waals surface area contributed by atoms with Crippen LogP contribution in [0, 0.1) is 0 Å². The summed E-state index contributed by atoms with van der Waals surface area (Å²) < 4.78 is 30.4. The first-order valence-corrected chi connectivity index (χ1v) is 1.13. The summed E-state index contributed by atoms with van der Waals surface area (Å²) >= 11 is 3.53. The van der Waals surface area contributed by atoms with Crippen molar-refractivity contribution in [2.45, 2.75) is 5.64 Å². The molecule has 0 spiro atoms. The van der Waals surface area contributed by atoms with Gasteiger partial charge in [0.25, 0.3) is 0 Å². The highest BCUT2D eigenvalue weighted by Gasteiger charge is 2.20. The van der Waals surface area contributed by atoms with E-state index in [0.29, 0.717) is 0 Å². The van der Waals surface area contributed by atoms with Crippen molar-refractivity contribution in [3.05, 3.63) is 0 Å². The third-order valence-corrected chi connectivity index (χ3v) is 0. The predicted octanol–water partition coefficient (Wildman–Crippen LogP) is 2.32. The van der Waals surface area contributed by atoms with E-state index < -0.39 is 5.64 Å². The molecule has 0 aliphatic heterocycles. The minimum atomic E-state index is -4.53. The van der Waals surface area contributed by atoms with E-state index in [1.54, 1.807) is 0 Å². The van der Waals surface area contributed by atoms with Gasteiger partial charge in [-0.1, -0.05) is 0 Å². The molecule has 0 N–H and O–H groups in total. The first-order valence-electron chi connectivity index (χ1n) is 0.756. The largest absolute Gasteiger partial charge is 0.475 e. The van der Waals surface area contributed by atoms with Crippen LogP contribution in [-0.2, 0) is 0 Å². The molecule has 0 fully saturated rings. The second-order valence-corrected chi connectivity index (χ2v) is 0.857. The fourth-order valence-corrected chi connectivity index (χ4v) is 0. The Morgan fingerprint density at radius 3 is 1.17 bits per heavy atom. The van der Waals surface area contributed by atoms with Crippen LogP contribution in [0.1, 0.15) is 0 Å². The van der Waals surface area contributed by atoms with Gasteiger partial charge in [-0.3, -0.25) is 0 Å². The van der Waals surface area contributed by atoms with Crippen LogP contribution in [0.3, 0.4) is 0 Å². The van der Waals surface area contributed by atoms with Crippen molar-refractivity contribution in [2.75, 3.05) is 0 Å². The second kappa shape index (κ2) is 2.69. The average Bonchev–Trinajstić information content (AvgIpc) is 0.722. The van der Waals surface area contributed by atoms with Crippen LogP contribution >= 0.6 is 28.6 Å². The lowest BCUT2D eigenvalue weighted by Gasteiger charge is -1.84. The molecule has 0 aromatic rings. The molecule has 0 radical (unpaired) electrons. The van der Waals surface area contributed by atoms with E-state index in [1.165, 1.54) is 0 Å². The quantitative estimate of drug-likeness (QED) is 0.508. The van der Waals surface area contributed by atoms with E-state index in [0.717, 1.165) is 0 Å². The molecule has 5 heteroatoms. The number of alkyl halides is 4. The third-order valence-electron chi connectivity index (χ3n) is 0. The summed E-state index contributed by atoms with van der Waals surface area (Å²) in [6.45, 7) is 0. The van der Waals surface area contributed by atoms with Gasteiger partial charge in [0, 0.05) is 0 Å². The standard InChI is InChI=1S/CClF3.BrH/c2-1(3,4)5;/h;1H. The molecule has 0 heterocycles. The average molecular weight is 185 g/mol. The van der Waals surface area contributed by atoms with Crippen LogP contribution < -0.4 is 0 Å². The third kappa shape index (κ3) is 184. The summed E-state index contributed by atoms with van der Waals surface area (Å²) in [7, 11) is 0. The summed E-state index contributed by atoms with van der Waals surface area (Å²) in [6.07, 6.45) is 0. The van der Waals surface area contributed by atoms with Gasteiger partial charge in [-0.05, 0) is 11.6 Å². The normalized spacial score (nSPS) is 10.0. The maximum Gasteiger partial charge on any atom is 0.475 e. The maximum absolute atomic E-state index is 10.1. The molecule has 0 rings (SSSR count). The smallest absolute Gasteiger partial charge is 0.156 e. The molecule has 0 atom stereocenters. The van der Waals surface area contributed by atoms with E-state index >= 15 is 0 Å². The molecular weight excluding hydrogens is 184 g/mol. The Bertz CT molecular complexity index is 26.3. The van der Waals surface area contributed by atoms with Crippen LogP contribution in [0.15, 0.2) is 0 Å². The molecule has 0 aromatic carbocycles. The van der Waals surface area contributed by atoms with Gasteiger partial charge in [0.15, 0.2) is 0 Å². The molecular formula is CHBrClF3. The molecule has 0 saturated heterocycles. The van der Waals surface area contributed by atoms with Crippen LogP contribution in [0.2, 0.25) is 0 Å². The number of hydrogen-bond acceptors (Lipinski definition) is 0. The molecule has 0 nitrogen and oxygen atoms in total. The van der Waals surface area contributed by atoms with Crippen molar-refractivity contribution >= 4 is 28.6 Å². The fourth-order valence-electron chi connectivity index (χ4n) is 0. The first-order chi connectivity index (χ1) is 2.00. The Morgan fingerprint density at radius 2 is 1.17 bits per heavy atom. The van der Waals surface area contributed by atoms with Crippen LogP contribution in [0.4, 0.5) is 13.2 Å². The van der Waals surface area contributed by atoms with Gasteiger partial charge in [-0.15, -0.1) is 17.0 Å². The van der Waals surface area contributed by atoms with Crippen molar-refractivity contribution in [2.24, 2.45) is 0 Å². The molecule has 0 saturated carbocycles. The Hall–Kier alpha value is 0.560. The highest BCUT2D eigenvalue weighted by atomic mass is 79.9. The van der Waals surface area contributed by atoms with Gasteiger partial charge >= 0.3 is 5.64 Å². The van der Waals surface area contributed by atoms with Crippen molar-refractivity contribution in [3.63, 3.8) is 0 Å². The number of halogens is 5. The van der Waals surface area contributed by atoms with Gasteiger partial charge in [0.1, 0.15) is 0 Å². The lowest BCUT2D eigenvalue weighted by molar-refractivity contribution is -0.0420. The topological polar surface area (TPSA) is 0 Å². The van der Waals surface area contributed by atoms with Gasteiger partial charge in [-0.25, -0.2) is 0 Å². The van der Waals surface area contributed by atoms with Crippen molar-refractivity contribution in [1.29, 1.82) is 0 Å². The van der Waals surface area contributed by atoms with E-state index in [4.69, 9.17) is 0 Å². The zero-order chi connectivity index (χ0) is 4.50. The van der Waals surface area contributed by atoms with Gasteiger partial charge in [0.05, 0.1) is 0 Å². The van der Waals surface area contributed by atoms with Crippen molar-refractivity contribution in [1.82, 2.24) is 0 Å². The fraction of sp³-hybridized carbons (Fsp3) is 1.00. The molecule has 0 bridgehead atoms. The van der Waals surface area contributed by atoms with E-state index in [2.05, 4.69) is 11.6 Å². The first kappa shape index (κ1) is 9.75. The highest BCUT2D eigenvalue weighted by molar-refractivity contribution is 8.93. The molecule has 40 valence electrons. The maximum atomic E-state index is 10.1. The van der Waals surface area contributed by atoms with Crippen molar-refractivity contribution in [3.8, 4) is 0 Å². The van der Waals surface area contributed by atoms with Crippen LogP contribution in [0.5, 0.6) is 0 Å². The molecule has 0 aromatic heterocycles. The lowest BCUT2D eigenvalue weighted by Crippen LogP contribution is -1.89. The molecule has 0 aliphatic carbocycles. The van der Waals surface area contributed by atoms with E-state index in [9.17, 15) is 13.2 Å². The monoisotopic (exact) mass is 184 g/mol. The Labute approximate surface area is 48.1 Å². The predicted molar refractivity (Wildman–Crippen MR) is 22.2 cm³/mol. The van der Waals surface area contributed by atoms with Crippen LogP contribution in [0.25, 0.3) is 0 Å². The SMILES string of the molecule is Br.FC(F)(F)Cl. The Balaban J connectivity index is 0. The number of rotatable bonds is 0. The van der Waals surface area contributed by atoms with Gasteiger partial charge < -0.3 is 0 Å². The van der Waals surface area contributed by atoms with E-state index in [1.807, 2.05) is 0 Å². The molecule has 6 heavy (non-hydrogen) atoms. The Kier molecular flexibility index (Phi) is 4.37. The highest BCUT2D eigenvalue weighted by Crippen LogP contribution is 2.18. The summed E-state index contributed by atoms with van der Waals surface area (Å²) in [5.74, 6) is 0. The molecule has 0 aliphatic rings. The van der Waals surface area contributed by atoms with Gasteiger partial charge in [-0.2, -0.15) is 13.2 Å². The minimum Gasteiger partial charge on any atom is -0.156 e. The van der Waals surface area contributed by atoms with E-state index in [-0.39, 0.29) is 17.0 Å². The number of hydrogen-bond donors (Lipinski definition) is 0. The van der Waals surface area contributed by atoms with Crippen molar-refractivity contribution < 1.29 is 13.2 Å². The molecule has 0 unspecified atom stereocenters. The minimum absolute atomic E-state index is 0. The zero-order valence-electron chi connectivity index (χ0n) is 2.42. The summed E-state index contributed by atoms with van der Waals surface area (Å²) in [5.41, 5.74) is -4.53. The Morgan fingerprint density at radius 1 is 1.17 bits per heavy atom. The second-order valence-electron chi connectivity index (χ2n) is 0.429. The van der Waals surface area contributed by atoms with Crippen LogP contribution in [-0.4, -0.2) is 5.64 Å². The zero-order valence-corrected chi connectivity index (χ0v) is 4.89. The summed E-state index contributed by atoms with van der Waals surface area (Å²) in [4.78, 5) is 0. The summed E-state index contributed by atoms with van der Waals surface area (Å²) in [5, 5.41) is 0.